The highest BCUT2D eigenvalue weighted by Gasteiger charge is 1.98. The lowest BCUT2D eigenvalue weighted by molar-refractivity contribution is 1.39. The Morgan fingerprint density at radius 2 is 1.77 bits per heavy atom. The topological polar surface area (TPSA) is 12.4 Å². The summed E-state index contributed by atoms with van der Waals surface area (Å²) in [5.74, 6) is 0. The molecule has 1 nitrogen and oxygen atoms in total. The average molecular weight is 173 g/mol. The zero-order chi connectivity index (χ0) is 9.68. The summed E-state index contributed by atoms with van der Waals surface area (Å²) in [6.07, 6.45) is 1.91. The second-order valence-electron chi connectivity index (χ2n) is 3.17. The van der Waals surface area contributed by atoms with Crippen LogP contribution in [0.15, 0.2) is 40.9 Å². The molecule has 0 N–H and O–H groups in total. The Hall–Kier alpha value is -1.37. The third-order valence-corrected chi connectivity index (χ3v) is 1.88. The van der Waals surface area contributed by atoms with E-state index in [1.165, 1.54) is 16.7 Å². The molecule has 0 amide bonds. The van der Waals surface area contributed by atoms with Crippen LogP contribution in [0.1, 0.15) is 19.4 Å². The van der Waals surface area contributed by atoms with Crippen LogP contribution in [0, 0.1) is 0 Å². The Morgan fingerprint density at radius 1 is 1.15 bits per heavy atom. The molecule has 0 unspecified atom stereocenters. The number of nitrogens with zero attached hydrogens (tertiary/aromatic N) is 1. The standard InChI is InChI=1S/C12H15N/c1-10(2)12(9-13-3)11-7-5-4-6-8-11/h4-9H,1-3H3. The maximum absolute atomic E-state index is 4.05. The van der Waals surface area contributed by atoms with E-state index < -0.39 is 0 Å². The van der Waals surface area contributed by atoms with Gasteiger partial charge in [0.15, 0.2) is 0 Å². The van der Waals surface area contributed by atoms with E-state index in [1.54, 1.807) is 7.05 Å². The molecule has 1 aromatic rings. The highest BCUT2D eigenvalue weighted by atomic mass is 14.6. The Kier molecular flexibility index (Phi) is 3.44. The fourth-order valence-electron chi connectivity index (χ4n) is 1.24. The molecule has 0 saturated carbocycles. The van der Waals surface area contributed by atoms with Crippen molar-refractivity contribution in [3.63, 3.8) is 0 Å². The number of allylic oxidation sites excluding steroid dienone is 2. The molecule has 1 heteroatoms. The first kappa shape index (κ1) is 9.72. The molecule has 0 aliphatic rings. The van der Waals surface area contributed by atoms with Crippen molar-refractivity contribution >= 4 is 11.8 Å². The number of hydrogen-bond acceptors (Lipinski definition) is 1. The van der Waals surface area contributed by atoms with Crippen LogP contribution >= 0.6 is 0 Å². The van der Waals surface area contributed by atoms with Crippen molar-refractivity contribution in [2.24, 2.45) is 4.99 Å². The Balaban J connectivity index is 3.12. The second-order valence-corrected chi connectivity index (χ2v) is 3.17. The van der Waals surface area contributed by atoms with Gasteiger partial charge >= 0.3 is 0 Å². The summed E-state index contributed by atoms with van der Waals surface area (Å²) in [4.78, 5) is 4.05. The molecule has 13 heavy (non-hydrogen) atoms. The molecule has 68 valence electrons. The summed E-state index contributed by atoms with van der Waals surface area (Å²) in [6.45, 7) is 4.20. The summed E-state index contributed by atoms with van der Waals surface area (Å²) in [5, 5.41) is 0. The fourth-order valence-corrected chi connectivity index (χ4v) is 1.24. The lowest BCUT2D eigenvalue weighted by atomic mass is 10.0. The molecule has 1 aromatic carbocycles. The maximum atomic E-state index is 4.05. The van der Waals surface area contributed by atoms with Crippen molar-refractivity contribution in [2.45, 2.75) is 13.8 Å². The molecule has 0 heterocycles. The highest BCUT2D eigenvalue weighted by Crippen LogP contribution is 2.15. The number of hydrogen-bond donors (Lipinski definition) is 0. The molecule has 0 aromatic heterocycles. The molecule has 0 bridgehead atoms. The van der Waals surface area contributed by atoms with Crippen molar-refractivity contribution in [3.05, 3.63) is 41.5 Å². The van der Waals surface area contributed by atoms with Crippen molar-refractivity contribution in [1.29, 1.82) is 0 Å². The minimum absolute atomic E-state index is 1.21. The first-order valence-electron chi connectivity index (χ1n) is 4.40. The van der Waals surface area contributed by atoms with Crippen LogP contribution in [-0.4, -0.2) is 13.3 Å². The van der Waals surface area contributed by atoms with Gasteiger partial charge in [-0.05, 0) is 25.0 Å². The van der Waals surface area contributed by atoms with Crippen LogP contribution in [-0.2, 0) is 0 Å². The van der Waals surface area contributed by atoms with Gasteiger partial charge in [-0.2, -0.15) is 0 Å². The van der Waals surface area contributed by atoms with E-state index in [0.717, 1.165) is 0 Å². The largest absolute Gasteiger partial charge is 0.296 e. The molecule has 0 atom stereocenters. The molecule has 1 rings (SSSR count). The SMILES string of the molecule is CN=CC(=C(C)C)c1ccccc1. The van der Waals surface area contributed by atoms with Gasteiger partial charge in [0.2, 0.25) is 0 Å². The van der Waals surface area contributed by atoms with E-state index in [0.29, 0.717) is 0 Å². The van der Waals surface area contributed by atoms with E-state index in [-0.39, 0.29) is 0 Å². The second kappa shape index (κ2) is 4.61. The van der Waals surface area contributed by atoms with Crippen LogP contribution in [0.25, 0.3) is 5.57 Å². The van der Waals surface area contributed by atoms with Crippen molar-refractivity contribution in [3.8, 4) is 0 Å². The summed E-state index contributed by atoms with van der Waals surface area (Å²) in [7, 11) is 1.80. The van der Waals surface area contributed by atoms with Crippen molar-refractivity contribution in [1.82, 2.24) is 0 Å². The lowest BCUT2D eigenvalue weighted by Crippen LogP contribution is -1.88. The van der Waals surface area contributed by atoms with Gasteiger partial charge in [-0.1, -0.05) is 35.9 Å². The van der Waals surface area contributed by atoms with Crippen LogP contribution in [0.2, 0.25) is 0 Å². The summed E-state index contributed by atoms with van der Waals surface area (Å²) < 4.78 is 0. The van der Waals surface area contributed by atoms with Gasteiger partial charge < -0.3 is 0 Å². The fraction of sp³-hybridized carbons (Fsp3) is 0.250. The van der Waals surface area contributed by atoms with Gasteiger partial charge in [0.1, 0.15) is 0 Å². The third-order valence-electron chi connectivity index (χ3n) is 1.88. The van der Waals surface area contributed by atoms with Crippen LogP contribution in [0.4, 0.5) is 0 Å². The average Bonchev–Trinajstić information content (AvgIpc) is 2.15. The molecular formula is C12H15N. The summed E-state index contributed by atoms with van der Waals surface area (Å²) in [6, 6.07) is 10.3. The molecular weight excluding hydrogens is 158 g/mol. The quantitative estimate of drug-likeness (QED) is 0.609. The van der Waals surface area contributed by atoms with E-state index in [4.69, 9.17) is 0 Å². The molecule has 0 fully saturated rings. The molecule has 0 saturated heterocycles. The number of aliphatic imine (C=N–C) groups is 1. The first-order valence-corrected chi connectivity index (χ1v) is 4.40. The zero-order valence-corrected chi connectivity index (χ0v) is 8.41. The van der Waals surface area contributed by atoms with E-state index in [2.05, 4.69) is 31.0 Å². The zero-order valence-electron chi connectivity index (χ0n) is 8.41. The van der Waals surface area contributed by atoms with Crippen LogP contribution in [0.5, 0.6) is 0 Å². The predicted molar refractivity (Wildman–Crippen MR) is 59.1 cm³/mol. The Bertz CT molecular complexity index is 316. The van der Waals surface area contributed by atoms with Gasteiger partial charge in [-0.25, -0.2) is 0 Å². The normalized spacial score (nSPS) is 10.4. The molecule has 0 radical (unpaired) electrons. The Labute approximate surface area is 79.8 Å². The van der Waals surface area contributed by atoms with Gasteiger partial charge in [0.05, 0.1) is 0 Å². The number of benzene rings is 1. The lowest BCUT2D eigenvalue weighted by Gasteiger charge is -2.03. The smallest absolute Gasteiger partial charge is 0.0286 e. The minimum atomic E-state index is 1.21. The predicted octanol–water partition coefficient (Wildman–Crippen LogP) is 3.18. The van der Waals surface area contributed by atoms with Crippen LogP contribution < -0.4 is 0 Å². The van der Waals surface area contributed by atoms with Crippen molar-refractivity contribution < 1.29 is 0 Å². The van der Waals surface area contributed by atoms with Crippen LogP contribution in [0.3, 0.4) is 0 Å². The van der Waals surface area contributed by atoms with E-state index >= 15 is 0 Å². The molecule has 0 spiro atoms. The molecule has 0 aliphatic heterocycles. The highest BCUT2D eigenvalue weighted by molar-refractivity contribution is 6.10. The number of rotatable bonds is 2. The van der Waals surface area contributed by atoms with Gasteiger partial charge in [0.25, 0.3) is 0 Å². The summed E-state index contributed by atoms with van der Waals surface area (Å²) >= 11 is 0. The monoisotopic (exact) mass is 173 g/mol. The summed E-state index contributed by atoms with van der Waals surface area (Å²) in [5.41, 5.74) is 3.73. The molecule has 0 aliphatic carbocycles. The first-order chi connectivity index (χ1) is 6.25. The van der Waals surface area contributed by atoms with Crippen molar-refractivity contribution in [2.75, 3.05) is 7.05 Å². The Morgan fingerprint density at radius 3 is 2.23 bits per heavy atom. The third kappa shape index (κ3) is 2.55. The maximum Gasteiger partial charge on any atom is 0.0286 e. The minimum Gasteiger partial charge on any atom is -0.296 e. The van der Waals surface area contributed by atoms with E-state index in [9.17, 15) is 0 Å². The van der Waals surface area contributed by atoms with Gasteiger partial charge in [-0.15, -0.1) is 0 Å². The van der Waals surface area contributed by atoms with Gasteiger partial charge in [-0.3, -0.25) is 4.99 Å². The van der Waals surface area contributed by atoms with Gasteiger partial charge in [0, 0.05) is 13.3 Å². The van der Waals surface area contributed by atoms with E-state index in [1.807, 2.05) is 24.4 Å².